The van der Waals surface area contributed by atoms with Crippen LogP contribution in [0.15, 0.2) is 46.9 Å². The number of nitrogens with one attached hydrogen (secondary N) is 2. The summed E-state index contributed by atoms with van der Waals surface area (Å²) in [5, 5.41) is 5.58. The highest BCUT2D eigenvalue weighted by Gasteiger charge is 2.16. The minimum atomic E-state index is -0.346. The first-order chi connectivity index (χ1) is 14.2. The second-order valence-electron chi connectivity index (χ2n) is 7.88. The van der Waals surface area contributed by atoms with Crippen LogP contribution in [0.1, 0.15) is 43.1 Å². The van der Waals surface area contributed by atoms with E-state index >= 15 is 0 Å². The molecule has 0 saturated carbocycles. The number of rotatable bonds is 9. The van der Waals surface area contributed by atoms with Gasteiger partial charge in [0.2, 0.25) is 0 Å². The van der Waals surface area contributed by atoms with Gasteiger partial charge in [-0.1, -0.05) is 39.0 Å². The molecule has 0 saturated heterocycles. The number of benzene rings is 2. The van der Waals surface area contributed by atoms with Crippen molar-refractivity contribution in [3.05, 3.63) is 58.1 Å². The third-order valence-electron chi connectivity index (χ3n) is 4.41. The lowest BCUT2D eigenvalue weighted by Gasteiger charge is -2.20. The molecule has 0 bridgehead atoms. The SMILES string of the molecule is COCCCNC(=O)c1ccccc1NC(=O)COc1ccc(C(C)(C)C)cc1Br. The van der Waals surface area contributed by atoms with Crippen LogP contribution in [-0.4, -0.2) is 38.7 Å². The largest absolute Gasteiger partial charge is 0.483 e. The van der Waals surface area contributed by atoms with Gasteiger partial charge in [-0.25, -0.2) is 0 Å². The quantitative estimate of drug-likeness (QED) is 0.521. The molecule has 0 aliphatic rings. The summed E-state index contributed by atoms with van der Waals surface area (Å²) in [6.07, 6.45) is 0.716. The predicted molar refractivity (Wildman–Crippen MR) is 122 cm³/mol. The van der Waals surface area contributed by atoms with E-state index in [9.17, 15) is 9.59 Å². The normalized spacial score (nSPS) is 11.1. The summed E-state index contributed by atoms with van der Waals surface area (Å²) < 4.78 is 11.4. The molecular formula is C23H29BrN2O4. The maximum Gasteiger partial charge on any atom is 0.262 e. The van der Waals surface area contributed by atoms with Crippen molar-refractivity contribution in [3.63, 3.8) is 0 Å². The maximum absolute atomic E-state index is 12.4. The zero-order valence-corrected chi connectivity index (χ0v) is 19.5. The first-order valence-electron chi connectivity index (χ1n) is 9.81. The molecule has 6 nitrogen and oxygen atoms in total. The zero-order valence-electron chi connectivity index (χ0n) is 17.9. The van der Waals surface area contributed by atoms with Crippen molar-refractivity contribution in [2.75, 3.05) is 32.2 Å². The van der Waals surface area contributed by atoms with Gasteiger partial charge in [-0.05, 0) is 57.6 Å². The van der Waals surface area contributed by atoms with Crippen LogP contribution in [0, 0.1) is 0 Å². The van der Waals surface area contributed by atoms with Crippen molar-refractivity contribution in [2.24, 2.45) is 0 Å². The summed E-state index contributed by atoms with van der Waals surface area (Å²) in [5.74, 6) is -0.00723. The molecule has 0 aromatic heterocycles. The highest BCUT2D eigenvalue weighted by Crippen LogP contribution is 2.31. The number of carbonyl (C=O) groups excluding carboxylic acids is 2. The van der Waals surface area contributed by atoms with Gasteiger partial charge < -0.3 is 20.1 Å². The molecule has 0 heterocycles. The van der Waals surface area contributed by atoms with E-state index in [0.29, 0.717) is 36.6 Å². The van der Waals surface area contributed by atoms with Gasteiger partial charge >= 0.3 is 0 Å². The number of halogens is 1. The van der Waals surface area contributed by atoms with Gasteiger partial charge in [0.25, 0.3) is 11.8 Å². The molecule has 7 heteroatoms. The number of anilines is 1. The van der Waals surface area contributed by atoms with Gasteiger partial charge in [0.15, 0.2) is 6.61 Å². The first kappa shape index (κ1) is 23.9. The van der Waals surface area contributed by atoms with E-state index in [-0.39, 0.29) is 23.8 Å². The van der Waals surface area contributed by atoms with E-state index in [0.717, 1.165) is 10.0 Å². The van der Waals surface area contributed by atoms with E-state index in [1.807, 2.05) is 18.2 Å². The summed E-state index contributed by atoms with van der Waals surface area (Å²) in [4.78, 5) is 24.8. The molecule has 0 aliphatic carbocycles. The lowest BCUT2D eigenvalue weighted by atomic mass is 9.87. The molecule has 0 fully saturated rings. The van der Waals surface area contributed by atoms with E-state index in [4.69, 9.17) is 9.47 Å². The number of carbonyl (C=O) groups is 2. The van der Waals surface area contributed by atoms with Crippen LogP contribution in [0.25, 0.3) is 0 Å². The van der Waals surface area contributed by atoms with Crippen LogP contribution >= 0.6 is 15.9 Å². The van der Waals surface area contributed by atoms with E-state index in [1.54, 1.807) is 31.4 Å². The van der Waals surface area contributed by atoms with Crippen LogP contribution in [0.4, 0.5) is 5.69 Å². The van der Waals surface area contributed by atoms with Crippen molar-refractivity contribution >= 4 is 33.4 Å². The molecule has 162 valence electrons. The maximum atomic E-state index is 12.4. The molecular weight excluding hydrogens is 448 g/mol. The van der Waals surface area contributed by atoms with Crippen LogP contribution in [-0.2, 0) is 14.9 Å². The molecule has 30 heavy (non-hydrogen) atoms. The number of amides is 2. The molecule has 2 N–H and O–H groups in total. The average molecular weight is 477 g/mol. The number of ether oxygens (including phenoxy) is 2. The lowest BCUT2D eigenvalue weighted by Crippen LogP contribution is -2.27. The van der Waals surface area contributed by atoms with Gasteiger partial charge in [0.05, 0.1) is 15.7 Å². The van der Waals surface area contributed by atoms with Gasteiger partial charge in [-0.15, -0.1) is 0 Å². The minimum absolute atomic E-state index is 0.0201. The molecule has 2 aromatic carbocycles. The smallest absolute Gasteiger partial charge is 0.262 e. The summed E-state index contributed by atoms with van der Waals surface area (Å²) in [7, 11) is 1.62. The third kappa shape index (κ3) is 7.15. The van der Waals surface area contributed by atoms with Crippen molar-refractivity contribution in [1.82, 2.24) is 5.32 Å². The fraction of sp³-hybridized carbons (Fsp3) is 0.391. The van der Waals surface area contributed by atoms with Crippen molar-refractivity contribution < 1.29 is 19.1 Å². The predicted octanol–water partition coefficient (Wildman–Crippen LogP) is 4.53. The Bertz CT molecular complexity index is 878. The molecule has 0 atom stereocenters. The highest BCUT2D eigenvalue weighted by atomic mass is 79.9. The Hall–Kier alpha value is -2.38. The molecule has 0 spiro atoms. The van der Waals surface area contributed by atoms with Crippen LogP contribution in [0.5, 0.6) is 5.75 Å². The second-order valence-corrected chi connectivity index (χ2v) is 8.73. The van der Waals surface area contributed by atoms with Crippen molar-refractivity contribution in [2.45, 2.75) is 32.6 Å². The Morgan fingerprint density at radius 3 is 2.50 bits per heavy atom. The van der Waals surface area contributed by atoms with Gasteiger partial charge in [0.1, 0.15) is 5.75 Å². The lowest BCUT2D eigenvalue weighted by molar-refractivity contribution is -0.118. The Balaban J connectivity index is 1.96. The monoisotopic (exact) mass is 476 g/mol. The van der Waals surface area contributed by atoms with Gasteiger partial charge in [0, 0.05) is 20.3 Å². The Kier molecular flexibility index (Phi) is 8.87. The van der Waals surface area contributed by atoms with Crippen molar-refractivity contribution in [3.8, 4) is 5.75 Å². The number of hydrogen-bond donors (Lipinski definition) is 2. The Morgan fingerprint density at radius 2 is 1.83 bits per heavy atom. The first-order valence-corrected chi connectivity index (χ1v) is 10.6. The summed E-state index contributed by atoms with van der Waals surface area (Å²) in [5.41, 5.74) is 2.03. The second kappa shape index (κ2) is 11.1. The number of methoxy groups -OCH3 is 1. The standard InChI is InChI=1S/C23H29BrN2O4/c1-23(2,3)16-10-11-20(18(24)14-16)30-15-21(27)26-19-9-6-5-8-17(19)22(28)25-12-7-13-29-4/h5-6,8-11,14H,7,12-13,15H2,1-4H3,(H,25,28)(H,26,27). The fourth-order valence-corrected chi connectivity index (χ4v) is 3.21. The van der Waals surface area contributed by atoms with Gasteiger partial charge in [-0.3, -0.25) is 9.59 Å². The van der Waals surface area contributed by atoms with Crippen molar-refractivity contribution in [1.29, 1.82) is 0 Å². The minimum Gasteiger partial charge on any atom is -0.483 e. The Morgan fingerprint density at radius 1 is 1.10 bits per heavy atom. The third-order valence-corrected chi connectivity index (χ3v) is 5.03. The molecule has 2 rings (SSSR count). The summed E-state index contributed by atoms with van der Waals surface area (Å²) in [6.45, 7) is 7.30. The topological polar surface area (TPSA) is 76.7 Å². The van der Waals surface area contributed by atoms with Crippen LogP contribution < -0.4 is 15.4 Å². The molecule has 0 unspecified atom stereocenters. The average Bonchev–Trinajstić information content (AvgIpc) is 2.70. The van der Waals surface area contributed by atoms with E-state index in [1.165, 1.54) is 0 Å². The van der Waals surface area contributed by atoms with E-state index in [2.05, 4.69) is 47.3 Å². The molecule has 2 aromatic rings. The zero-order chi connectivity index (χ0) is 22.1. The summed E-state index contributed by atoms with van der Waals surface area (Å²) >= 11 is 3.50. The molecule has 2 amide bonds. The number of para-hydroxylation sites is 1. The molecule has 0 aliphatic heterocycles. The summed E-state index contributed by atoms with van der Waals surface area (Å²) in [6, 6.07) is 12.7. The Labute approximate surface area is 186 Å². The highest BCUT2D eigenvalue weighted by molar-refractivity contribution is 9.10. The van der Waals surface area contributed by atoms with Gasteiger partial charge in [-0.2, -0.15) is 0 Å². The number of hydrogen-bond acceptors (Lipinski definition) is 4. The van der Waals surface area contributed by atoms with Crippen LogP contribution in [0.3, 0.4) is 0 Å². The van der Waals surface area contributed by atoms with Crippen LogP contribution in [0.2, 0.25) is 0 Å². The fourth-order valence-electron chi connectivity index (χ4n) is 2.72. The molecule has 0 radical (unpaired) electrons. The van der Waals surface area contributed by atoms with E-state index < -0.39 is 0 Å².